The fraction of sp³-hybridized carbons (Fsp3) is 0.538. The molecule has 0 atom stereocenters. The second-order valence-corrected chi connectivity index (χ2v) is 4.67. The SMILES string of the molecule is CC(C)CNCc1cccc(F)c1N(C)C. The Morgan fingerprint density at radius 1 is 1.31 bits per heavy atom. The molecule has 1 N–H and O–H groups in total. The van der Waals surface area contributed by atoms with Crippen LogP contribution in [0.3, 0.4) is 0 Å². The van der Waals surface area contributed by atoms with Crippen molar-refractivity contribution in [3.63, 3.8) is 0 Å². The smallest absolute Gasteiger partial charge is 0.146 e. The predicted octanol–water partition coefficient (Wildman–Crippen LogP) is 2.64. The molecular formula is C13H21FN2. The third kappa shape index (κ3) is 3.49. The van der Waals surface area contributed by atoms with Crippen molar-refractivity contribution < 1.29 is 4.39 Å². The first-order valence-corrected chi connectivity index (χ1v) is 5.67. The van der Waals surface area contributed by atoms with Crippen LogP contribution in [0, 0.1) is 11.7 Å². The molecule has 0 aliphatic heterocycles. The Bertz CT molecular complexity index is 335. The molecule has 2 nitrogen and oxygen atoms in total. The van der Waals surface area contributed by atoms with Crippen LogP contribution in [0.1, 0.15) is 19.4 Å². The first-order chi connectivity index (χ1) is 7.52. The van der Waals surface area contributed by atoms with E-state index in [2.05, 4.69) is 19.2 Å². The normalized spacial score (nSPS) is 10.9. The van der Waals surface area contributed by atoms with Gasteiger partial charge in [0, 0.05) is 20.6 Å². The molecule has 0 aliphatic rings. The van der Waals surface area contributed by atoms with Crippen LogP contribution in [-0.2, 0) is 6.54 Å². The van der Waals surface area contributed by atoms with Crippen LogP contribution in [-0.4, -0.2) is 20.6 Å². The molecule has 0 bridgehead atoms. The Kier molecular flexibility index (Phi) is 4.74. The van der Waals surface area contributed by atoms with Crippen molar-refractivity contribution in [2.24, 2.45) is 5.92 Å². The van der Waals surface area contributed by atoms with E-state index >= 15 is 0 Å². The van der Waals surface area contributed by atoms with Gasteiger partial charge in [-0.05, 0) is 24.1 Å². The van der Waals surface area contributed by atoms with Gasteiger partial charge in [-0.3, -0.25) is 0 Å². The number of anilines is 1. The van der Waals surface area contributed by atoms with E-state index in [4.69, 9.17) is 0 Å². The molecule has 0 aliphatic carbocycles. The van der Waals surface area contributed by atoms with Crippen LogP contribution in [0.5, 0.6) is 0 Å². The summed E-state index contributed by atoms with van der Waals surface area (Å²) in [4.78, 5) is 1.82. The average molecular weight is 224 g/mol. The maximum absolute atomic E-state index is 13.6. The van der Waals surface area contributed by atoms with Gasteiger partial charge in [-0.25, -0.2) is 4.39 Å². The molecular weight excluding hydrogens is 203 g/mol. The van der Waals surface area contributed by atoms with E-state index in [0.29, 0.717) is 18.2 Å². The zero-order chi connectivity index (χ0) is 12.1. The molecule has 16 heavy (non-hydrogen) atoms. The van der Waals surface area contributed by atoms with Gasteiger partial charge in [-0.15, -0.1) is 0 Å². The van der Waals surface area contributed by atoms with Crippen LogP contribution < -0.4 is 10.2 Å². The quantitative estimate of drug-likeness (QED) is 0.827. The Balaban J connectivity index is 2.75. The van der Waals surface area contributed by atoms with Crippen molar-refractivity contribution in [3.05, 3.63) is 29.6 Å². The highest BCUT2D eigenvalue weighted by Gasteiger charge is 2.09. The van der Waals surface area contributed by atoms with Gasteiger partial charge in [0.15, 0.2) is 0 Å². The summed E-state index contributed by atoms with van der Waals surface area (Å²) in [5, 5.41) is 3.33. The summed E-state index contributed by atoms with van der Waals surface area (Å²) in [6.45, 7) is 5.98. The summed E-state index contributed by atoms with van der Waals surface area (Å²) in [5.74, 6) is 0.449. The molecule has 90 valence electrons. The second-order valence-electron chi connectivity index (χ2n) is 4.67. The number of hydrogen-bond donors (Lipinski definition) is 1. The Hall–Kier alpha value is -1.09. The molecule has 0 saturated carbocycles. The minimum Gasteiger partial charge on any atom is -0.375 e. The number of benzene rings is 1. The van der Waals surface area contributed by atoms with Crippen molar-refractivity contribution in [1.29, 1.82) is 0 Å². The van der Waals surface area contributed by atoms with Gasteiger partial charge in [-0.1, -0.05) is 26.0 Å². The van der Waals surface area contributed by atoms with Gasteiger partial charge in [0.25, 0.3) is 0 Å². The molecule has 0 radical (unpaired) electrons. The first kappa shape index (κ1) is 13.0. The van der Waals surface area contributed by atoms with E-state index in [-0.39, 0.29) is 5.82 Å². The summed E-state index contributed by atoms with van der Waals surface area (Å²) in [5.41, 5.74) is 1.68. The van der Waals surface area contributed by atoms with Gasteiger partial charge in [0.2, 0.25) is 0 Å². The largest absolute Gasteiger partial charge is 0.375 e. The molecule has 0 unspecified atom stereocenters. The number of hydrogen-bond acceptors (Lipinski definition) is 2. The highest BCUT2D eigenvalue weighted by molar-refractivity contribution is 5.53. The van der Waals surface area contributed by atoms with E-state index in [1.165, 1.54) is 6.07 Å². The van der Waals surface area contributed by atoms with Crippen molar-refractivity contribution in [2.45, 2.75) is 20.4 Å². The van der Waals surface area contributed by atoms with Crippen molar-refractivity contribution >= 4 is 5.69 Å². The monoisotopic (exact) mass is 224 g/mol. The molecule has 0 heterocycles. The molecule has 0 fully saturated rings. The third-order valence-corrected chi connectivity index (χ3v) is 2.39. The molecule has 1 rings (SSSR count). The van der Waals surface area contributed by atoms with Crippen molar-refractivity contribution in [1.82, 2.24) is 5.32 Å². The molecule has 3 heteroatoms. The molecule has 0 saturated heterocycles. The fourth-order valence-electron chi connectivity index (χ4n) is 1.70. The van der Waals surface area contributed by atoms with Crippen LogP contribution >= 0.6 is 0 Å². The third-order valence-electron chi connectivity index (χ3n) is 2.39. The Morgan fingerprint density at radius 3 is 2.56 bits per heavy atom. The molecule has 1 aromatic carbocycles. The standard InChI is InChI=1S/C13H21FN2/c1-10(2)8-15-9-11-6-5-7-12(14)13(11)16(3)4/h5-7,10,15H,8-9H2,1-4H3. The lowest BCUT2D eigenvalue weighted by Crippen LogP contribution is -2.21. The zero-order valence-corrected chi connectivity index (χ0v) is 10.5. The molecule has 0 aromatic heterocycles. The van der Waals surface area contributed by atoms with E-state index in [9.17, 15) is 4.39 Å². The van der Waals surface area contributed by atoms with Crippen LogP contribution in [0.15, 0.2) is 18.2 Å². The van der Waals surface area contributed by atoms with E-state index in [1.54, 1.807) is 6.07 Å². The minimum atomic E-state index is -0.158. The summed E-state index contributed by atoms with van der Waals surface area (Å²) < 4.78 is 13.6. The lowest BCUT2D eigenvalue weighted by Gasteiger charge is -2.19. The number of nitrogens with one attached hydrogen (secondary N) is 1. The summed E-state index contributed by atoms with van der Waals surface area (Å²) in [6.07, 6.45) is 0. The van der Waals surface area contributed by atoms with Crippen LogP contribution in [0.4, 0.5) is 10.1 Å². The second kappa shape index (κ2) is 5.85. The van der Waals surface area contributed by atoms with E-state index in [0.717, 1.165) is 12.1 Å². The van der Waals surface area contributed by atoms with Gasteiger partial charge in [-0.2, -0.15) is 0 Å². The average Bonchev–Trinajstić information content (AvgIpc) is 2.16. The van der Waals surface area contributed by atoms with Crippen LogP contribution in [0.25, 0.3) is 0 Å². The number of rotatable bonds is 5. The van der Waals surface area contributed by atoms with Gasteiger partial charge in [0.05, 0.1) is 5.69 Å². The number of halogens is 1. The van der Waals surface area contributed by atoms with E-state index < -0.39 is 0 Å². The lowest BCUT2D eigenvalue weighted by molar-refractivity contribution is 0.550. The van der Waals surface area contributed by atoms with E-state index in [1.807, 2.05) is 25.1 Å². The highest BCUT2D eigenvalue weighted by atomic mass is 19.1. The van der Waals surface area contributed by atoms with Gasteiger partial charge in [0.1, 0.15) is 5.82 Å². The molecule has 1 aromatic rings. The summed E-state index contributed by atoms with van der Waals surface area (Å²) in [7, 11) is 3.73. The highest BCUT2D eigenvalue weighted by Crippen LogP contribution is 2.22. The summed E-state index contributed by atoms with van der Waals surface area (Å²) >= 11 is 0. The predicted molar refractivity (Wildman–Crippen MR) is 67.3 cm³/mol. The fourth-order valence-corrected chi connectivity index (χ4v) is 1.70. The van der Waals surface area contributed by atoms with Gasteiger partial charge >= 0.3 is 0 Å². The van der Waals surface area contributed by atoms with Gasteiger partial charge < -0.3 is 10.2 Å². The molecule has 0 amide bonds. The molecule has 0 spiro atoms. The van der Waals surface area contributed by atoms with Crippen molar-refractivity contribution in [2.75, 3.05) is 25.5 Å². The lowest BCUT2D eigenvalue weighted by atomic mass is 10.1. The summed E-state index contributed by atoms with van der Waals surface area (Å²) in [6, 6.07) is 5.22. The first-order valence-electron chi connectivity index (χ1n) is 5.67. The zero-order valence-electron chi connectivity index (χ0n) is 10.5. The maximum atomic E-state index is 13.6. The van der Waals surface area contributed by atoms with Crippen molar-refractivity contribution in [3.8, 4) is 0 Å². The Labute approximate surface area is 97.5 Å². The number of para-hydroxylation sites is 1. The minimum absolute atomic E-state index is 0.158. The van der Waals surface area contributed by atoms with Crippen LogP contribution in [0.2, 0.25) is 0 Å². The maximum Gasteiger partial charge on any atom is 0.146 e. The Morgan fingerprint density at radius 2 is 2.00 bits per heavy atom. The number of nitrogens with zero attached hydrogens (tertiary/aromatic N) is 1. The topological polar surface area (TPSA) is 15.3 Å².